The minimum absolute atomic E-state index is 0.199. The molecule has 0 aliphatic rings. The summed E-state index contributed by atoms with van der Waals surface area (Å²) in [6.07, 6.45) is 0.351. The van der Waals surface area contributed by atoms with Crippen LogP contribution in [0.15, 0.2) is 60.7 Å². The van der Waals surface area contributed by atoms with Crippen molar-refractivity contribution in [2.75, 3.05) is 0 Å². The van der Waals surface area contributed by atoms with Crippen molar-refractivity contribution >= 4 is 5.78 Å². The molecule has 0 aliphatic heterocycles. The third-order valence-corrected chi connectivity index (χ3v) is 3.37. The predicted octanol–water partition coefficient (Wildman–Crippen LogP) is 2.71. The average molecular weight is 306 g/mol. The van der Waals surface area contributed by atoms with Crippen molar-refractivity contribution in [3.8, 4) is 11.6 Å². The van der Waals surface area contributed by atoms with Crippen LogP contribution in [0.3, 0.4) is 0 Å². The van der Waals surface area contributed by atoms with Crippen LogP contribution in [0.4, 0.5) is 0 Å². The number of carbonyl (C=O) groups excluding carboxylic acids is 1. The van der Waals surface area contributed by atoms with E-state index in [9.17, 15) is 15.0 Å². The molecule has 0 bridgehead atoms. The molecule has 114 valence electrons. The molecular formula is C18H14N2O3. The van der Waals surface area contributed by atoms with E-state index in [1.54, 1.807) is 30.3 Å². The molecule has 1 heterocycles. The molecule has 0 saturated heterocycles. The van der Waals surface area contributed by atoms with Gasteiger partial charge in [-0.1, -0.05) is 60.7 Å². The Kier molecular flexibility index (Phi) is 4.01. The van der Waals surface area contributed by atoms with Crippen molar-refractivity contribution in [3.05, 3.63) is 83.3 Å². The Bertz CT molecular complexity index is 834. The van der Waals surface area contributed by atoms with Crippen LogP contribution in [0, 0.1) is 0 Å². The standard InChI is InChI=1S/C18H14N2O3/c21-16(13-9-5-2-6-10-13)15-17(22)18(23)20-14(19-15)11-12-7-3-1-4-8-12/h1-10,22H,11H2,(H,19,20,23). The normalized spacial score (nSPS) is 10.4. The van der Waals surface area contributed by atoms with Crippen LogP contribution in [-0.4, -0.2) is 26.0 Å². The zero-order valence-corrected chi connectivity index (χ0v) is 12.2. The zero-order chi connectivity index (χ0) is 16.2. The Balaban J connectivity index is 1.99. The molecule has 0 spiro atoms. The first-order chi connectivity index (χ1) is 11.1. The van der Waals surface area contributed by atoms with Gasteiger partial charge in [0.05, 0.1) is 0 Å². The van der Waals surface area contributed by atoms with E-state index in [0.29, 0.717) is 12.0 Å². The number of ketones is 1. The summed E-state index contributed by atoms with van der Waals surface area (Å²) in [6, 6.07) is 17.9. The van der Waals surface area contributed by atoms with E-state index in [1.165, 1.54) is 0 Å². The molecule has 23 heavy (non-hydrogen) atoms. The van der Waals surface area contributed by atoms with E-state index in [4.69, 9.17) is 0 Å². The minimum atomic E-state index is -0.601. The molecule has 1 aromatic heterocycles. The van der Waals surface area contributed by atoms with Gasteiger partial charge in [0.15, 0.2) is 5.69 Å². The Labute approximate surface area is 132 Å². The molecule has 0 fully saturated rings. The van der Waals surface area contributed by atoms with Crippen LogP contribution in [0.1, 0.15) is 27.4 Å². The highest BCUT2D eigenvalue weighted by atomic mass is 16.3. The number of benzene rings is 2. The van der Waals surface area contributed by atoms with Crippen LogP contribution in [0.25, 0.3) is 0 Å². The Morgan fingerprint density at radius 3 is 2.13 bits per heavy atom. The molecule has 0 radical (unpaired) electrons. The topological polar surface area (TPSA) is 83.3 Å². The maximum absolute atomic E-state index is 12.5. The van der Waals surface area contributed by atoms with Crippen molar-refractivity contribution < 1.29 is 15.0 Å². The van der Waals surface area contributed by atoms with E-state index < -0.39 is 17.4 Å². The van der Waals surface area contributed by atoms with Crippen LogP contribution in [0.5, 0.6) is 11.6 Å². The molecule has 0 amide bonds. The van der Waals surface area contributed by atoms with Crippen LogP contribution in [-0.2, 0) is 6.42 Å². The summed E-state index contributed by atoms with van der Waals surface area (Å²) in [6.45, 7) is 0. The number of carbonyl (C=O) groups is 1. The third-order valence-electron chi connectivity index (χ3n) is 3.37. The lowest BCUT2D eigenvalue weighted by Crippen LogP contribution is -2.08. The van der Waals surface area contributed by atoms with E-state index >= 15 is 0 Å². The van der Waals surface area contributed by atoms with Crippen molar-refractivity contribution in [1.29, 1.82) is 0 Å². The van der Waals surface area contributed by atoms with Crippen molar-refractivity contribution in [2.24, 2.45) is 0 Å². The molecule has 3 aromatic rings. The van der Waals surface area contributed by atoms with Gasteiger partial charge in [0.2, 0.25) is 11.5 Å². The smallest absolute Gasteiger partial charge is 0.258 e. The molecule has 0 saturated carbocycles. The van der Waals surface area contributed by atoms with Crippen molar-refractivity contribution in [3.63, 3.8) is 0 Å². The number of aromatic nitrogens is 2. The van der Waals surface area contributed by atoms with E-state index in [2.05, 4.69) is 9.97 Å². The predicted molar refractivity (Wildman–Crippen MR) is 84.5 cm³/mol. The Morgan fingerprint density at radius 1 is 0.870 bits per heavy atom. The minimum Gasteiger partial charge on any atom is -0.502 e. The molecule has 2 aromatic carbocycles. The quantitative estimate of drug-likeness (QED) is 0.724. The third kappa shape index (κ3) is 3.18. The lowest BCUT2D eigenvalue weighted by molar-refractivity contribution is 0.103. The summed E-state index contributed by atoms with van der Waals surface area (Å²) < 4.78 is 0. The van der Waals surface area contributed by atoms with E-state index in [0.717, 1.165) is 5.56 Å². The van der Waals surface area contributed by atoms with E-state index in [1.807, 2.05) is 30.3 Å². The van der Waals surface area contributed by atoms with Gasteiger partial charge < -0.3 is 10.2 Å². The molecule has 3 rings (SSSR count). The van der Waals surface area contributed by atoms with E-state index in [-0.39, 0.29) is 11.5 Å². The maximum Gasteiger partial charge on any atom is 0.258 e. The van der Waals surface area contributed by atoms with Gasteiger partial charge in [0.1, 0.15) is 5.82 Å². The highest BCUT2D eigenvalue weighted by molar-refractivity contribution is 6.09. The van der Waals surface area contributed by atoms with Gasteiger partial charge >= 0.3 is 0 Å². The van der Waals surface area contributed by atoms with Gasteiger partial charge in [-0.05, 0) is 5.56 Å². The molecule has 5 nitrogen and oxygen atoms in total. The first-order valence-corrected chi connectivity index (χ1v) is 7.07. The SMILES string of the molecule is O=C(c1ccccc1)c1nc(Cc2ccccc2)nc(O)c1O. The van der Waals surface area contributed by atoms with Crippen molar-refractivity contribution in [1.82, 2.24) is 9.97 Å². The second-order valence-corrected chi connectivity index (χ2v) is 5.02. The maximum atomic E-state index is 12.5. The first-order valence-electron chi connectivity index (χ1n) is 7.07. The second kappa shape index (κ2) is 6.27. The lowest BCUT2D eigenvalue weighted by Gasteiger charge is -2.07. The van der Waals surface area contributed by atoms with Crippen LogP contribution >= 0.6 is 0 Å². The summed E-state index contributed by atoms with van der Waals surface area (Å²) in [4.78, 5) is 20.4. The van der Waals surface area contributed by atoms with Crippen molar-refractivity contribution in [2.45, 2.75) is 6.42 Å². The number of nitrogens with zero attached hydrogens (tertiary/aromatic N) is 2. The van der Waals surface area contributed by atoms with Gasteiger partial charge in [-0.2, -0.15) is 4.98 Å². The summed E-state index contributed by atoms with van der Waals surface area (Å²) in [7, 11) is 0. The summed E-state index contributed by atoms with van der Waals surface area (Å²) in [5.74, 6) is -1.39. The van der Waals surface area contributed by atoms with Gasteiger partial charge in [-0.15, -0.1) is 0 Å². The molecular weight excluding hydrogens is 292 g/mol. The highest BCUT2D eigenvalue weighted by Gasteiger charge is 2.20. The van der Waals surface area contributed by atoms with Crippen LogP contribution < -0.4 is 0 Å². The Hall–Kier alpha value is -3.21. The molecule has 0 unspecified atom stereocenters. The largest absolute Gasteiger partial charge is 0.502 e. The highest BCUT2D eigenvalue weighted by Crippen LogP contribution is 2.27. The number of hydrogen-bond acceptors (Lipinski definition) is 5. The summed E-state index contributed by atoms with van der Waals surface area (Å²) >= 11 is 0. The number of rotatable bonds is 4. The van der Waals surface area contributed by atoms with Gasteiger partial charge in [-0.25, -0.2) is 4.98 Å². The monoisotopic (exact) mass is 306 g/mol. The lowest BCUT2D eigenvalue weighted by atomic mass is 10.1. The number of aromatic hydroxyl groups is 2. The van der Waals surface area contributed by atoms with Gasteiger partial charge in [-0.3, -0.25) is 4.79 Å². The summed E-state index contributed by atoms with van der Waals surface area (Å²) in [5, 5.41) is 19.7. The summed E-state index contributed by atoms with van der Waals surface area (Å²) in [5.41, 5.74) is 1.12. The average Bonchev–Trinajstić information content (AvgIpc) is 2.59. The Morgan fingerprint density at radius 2 is 1.48 bits per heavy atom. The zero-order valence-electron chi connectivity index (χ0n) is 12.2. The second-order valence-electron chi connectivity index (χ2n) is 5.02. The molecule has 2 N–H and O–H groups in total. The molecule has 0 aliphatic carbocycles. The molecule has 5 heteroatoms. The first kappa shape index (κ1) is 14.7. The fourth-order valence-corrected chi connectivity index (χ4v) is 2.23. The fourth-order valence-electron chi connectivity index (χ4n) is 2.23. The molecule has 0 atom stereocenters. The van der Waals surface area contributed by atoms with Gasteiger partial charge in [0, 0.05) is 12.0 Å². The van der Waals surface area contributed by atoms with Gasteiger partial charge in [0.25, 0.3) is 5.88 Å². The fraction of sp³-hybridized carbons (Fsp3) is 0.0556. The number of hydrogen-bond donors (Lipinski definition) is 2. The van der Waals surface area contributed by atoms with Crippen LogP contribution in [0.2, 0.25) is 0 Å².